The van der Waals surface area contributed by atoms with E-state index in [1.54, 1.807) is 0 Å². The first-order valence-corrected chi connectivity index (χ1v) is 7.31. The van der Waals surface area contributed by atoms with Gasteiger partial charge in [-0.25, -0.2) is 15.0 Å². The zero-order valence-corrected chi connectivity index (χ0v) is 11.4. The van der Waals surface area contributed by atoms with Crippen molar-refractivity contribution in [2.24, 2.45) is 5.41 Å². The zero-order chi connectivity index (χ0) is 13.7. The molecular formula is C14H19N5O. The second kappa shape index (κ2) is 4.15. The van der Waals surface area contributed by atoms with E-state index in [4.69, 9.17) is 5.73 Å². The molecule has 20 heavy (non-hydrogen) atoms. The van der Waals surface area contributed by atoms with Gasteiger partial charge in [0, 0.05) is 6.04 Å². The van der Waals surface area contributed by atoms with Gasteiger partial charge in [-0.3, -0.25) is 0 Å². The molecule has 2 aromatic rings. The summed E-state index contributed by atoms with van der Waals surface area (Å²) in [5, 5.41) is 10.3. The molecule has 6 nitrogen and oxygen atoms in total. The zero-order valence-electron chi connectivity index (χ0n) is 11.4. The summed E-state index contributed by atoms with van der Waals surface area (Å²) in [5.41, 5.74) is 7.46. The maximum Gasteiger partial charge on any atom is 0.165 e. The molecule has 2 saturated carbocycles. The number of hydrogen-bond donors (Lipinski definition) is 2. The average Bonchev–Trinajstić information content (AvgIpc) is 3.11. The van der Waals surface area contributed by atoms with Gasteiger partial charge in [0.05, 0.1) is 12.4 Å². The minimum Gasteiger partial charge on any atom is -0.393 e. The Labute approximate surface area is 117 Å². The first kappa shape index (κ1) is 12.1. The van der Waals surface area contributed by atoms with Gasteiger partial charge in [0.15, 0.2) is 11.5 Å². The van der Waals surface area contributed by atoms with Gasteiger partial charge in [-0.15, -0.1) is 0 Å². The van der Waals surface area contributed by atoms with Crippen LogP contribution in [-0.2, 0) is 0 Å². The van der Waals surface area contributed by atoms with E-state index >= 15 is 0 Å². The van der Waals surface area contributed by atoms with Crippen LogP contribution in [0.3, 0.4) is 0 Å². The molecule has 106 valence electrons. The van der Waals surface area contributed by atoms with E-state index in [0.29, 0.717) is 17.4 Å². The highest BCUT2D eigenvalue weighted by atomic mass is 16.3. The number of aliphatic hydroxyl groups is 1. The van der Waals surface area contributed by atoms with Crippen LogP contribution in [0.2, 0.25) is 0 Å². The molecule has 2 aliphatic carbocycles. The number of nitrogens with zero attached hydrogens (tertiary/aromatic N) is 4. The van der Waals surface area contributed by atoms with Gasteiger partial charge in [-0.1, -0.05) is 6.42 Å². The Morgan fingerprint density at radius 3 is 2.95 bits per heavy atom. The lowest BCUT2D eigenvalue weighted by Crippen LogP contribution is -2.27. The highest BCUT2D eigenvalue weighted by Gasteiger charge is 2.47. The van der Waals surface area contributed by atoms with Crippen molar-refractivity contribution in [1.82, 2.24) is 19.5 Å². The number of hydrogen-bond acceptors (Lipinski definition) is 5. The van der Waals surface area contributed by atoms with E-state index in [2.05, 4.69) is 19.5 Å². The first-order chi connectivity index (χ1) is 9.70. The summed E-state index contributed by atoms with van der Waals surface area (Å²) in [4.78, 5) is 12.7. The number of fused-ring (bicyclic) bond motifs is 1. The van der Waals surface area contributed by atoms with Gasteiger partial charge in [0.1, 0.15) is 11.8 Å². The summed E-state index contributed by atoms with van der Waals surface area (Å²) in [6.07, 6.45) is 9.61. The van der Waals surface area contributed by atoms with Crippen molar-refractivity contribution in [3.8, 4) is 0 Å². The first-order valence-electron chi connectivity index (χ1n) is 7.31. The summed E-state index contributed by atoms with van der Waals surface area (Å²) >= 11 is 0. The van der Waals surface area contributed by atoms with Gasteiger partial charge in [-0.2, -0.15) is 0 Å². The fourth-order valence-corrected chi connectivity index (χ4v) is 4.15. The van der Waals surface area contributed by atoms with Crippen LogP contribution in [0.1, 0.15) is 44.6 Å². The Hall–Kier alpha value is -1.69. The van der Waals surface area contributed by atoms with Gasteiger partial charge in [0.2, 0.25) is 0 Å². The lowest BCUT2D eigenvalue weighted by atomic mass is 9.82. The Bertz CT molecular complexity index is 654. The van der Waals surface area contributed by atoms with Crippen molar-refractivity contribution in [2.45, 2.75) is 50.7 Å². The van der Waals surface area contributed by atoms with Crippen LogP contribution in [0.25, 0.3) is 11.2 Å². The highest BCUT2D eigenvalue weighted by Crippen LogP contribution is 2.54. The quantitative estimate of drug-likeness (QED) is 0.824. The van der Waals surface area contributed by atoms with E-state index in [-0.39, 0.29) is 11.5 Å². The molecule has 0 bridgehead atoms. The Kier molecular flexibility index (Phi) is 2.51. The molecule has 3 N–H and O–H groups in total. The topological polar surface area (TPSA) is 89.9 Å². The number of aromatic nitrogens is 4. The van der Waals surface area contributed by atoms with Crippen molar-refractivity contribution in [1.29, 1.82) is 0 Å². The minimum atomic E-state index is -0.137. The predicted molar refractivity (Wildman–Crippen MR) is 74.9 cm³/mol. The van der Waals surface area contributed by atoms with Crippen LogP contribution in [0.5, 0.6) is 0 Å². The van der Waals surface area contributed by atoms with E-state index in [9.17, 15) is 5.11 Å². The van der Waals surface area contributed by atoms with Crippen molar-refractivity contribution in [2.75, 3.05) is 5.73 Å². The van der Waals surface area contributed by atoms with Gasteiger partial charge < -0.3 is 15.4 Å². The number of imidazole rings is 1. The molecule has 4 rings (SSSR count). The van der Waals surface area contributed by atoms with Crippen LogP contribution in [0.4, 0.5) is 5.82 Å². The molecule has 0 radical (unpaired) electrons. The normalized spacial score (nSPS) is 33.5. The number of nitrogens with two attached hydrogens (primary N) is 1. The van der Waals surface area contributed by atoms with Crippen molar-refractivity contribution in [3.05, 3.63) is 12.7 Å². The average molecular weight is 273 g/mol. The fraction of sp³-hybridized carbons (Fsp3) is 0.643. The van der Waals surface area contributed by atoms with Crippen molar-refractivity contribution in [3.63, 3.8) is 0 Å². The third-order valence-corrected chi connectivity index (χ3v) is 5.26. The monoisotopic (exact) mass is 273 g/mol. The van der Waals surface area contributed by atoms with Crippen molar-refractivity contribution >= 4 is 17.0 Å². The summed E-state index contributed by atoms with van der Waals surface area (Å²) in [6.45, 7) is 0. The van der Waals surface area contributed by atoms with Gasteiger partial charge in [-0.05, 0) is 37.5 Å². The Morgan fingerprint density at radius 2 is 2.15 bits per heavy atom. The molecule has 2 heterocycles. The largest absolute Gasteiger partial charge is 0.393 e. The van der Waals surface area contributed by atoms with Crippen molar-refractivity contribution < 1.29 is 5.11 Å². The molecule has 0 aromatic carbocycles. The van der Waals surface area contributed by atoms with E-state index in [1.165, 1.54) is 6.33 Å². The van der Waals surface area contributed by atoms with E-state index in [0.717, 1.165) is 44.2 Å². The lowest BCUT2D eigenvalue weighted by Gasteiger charge is -2.27. The molecule has 2 fully saturated rings. The summed E-state index contributed by atoms with van der Waals surface area (Å²) in [7, 11) is 0. The summed E-state index contributed by atoms with van der Waals surface area (Å²) in [6, 6.07) is 0.363. The third kappa shape index (κ3) is 1.57. The van der Waals surface area contributed by atoms with E-state index in [1.807, 2.05) is 6.33 Å². The lowest BCUT2D eigenvalue weighted by molar-refractivity contribution is 0.0549. The second-order valence-corrected chi connectivity index (χ2v) is 6.25. The third-order valence-electron chi connectivity index (χ3n) is 5.26. The molecule has 1 spiro atoms. The SMILES string of the molecule is Nc1ncnc2c1ncn2[C@H]1CC[C@]2(CCC[C@@H]2O)C1. The Balaban J connectivity index is 1.70. The number of nitrogen functional groups attached to an aromatic ring is 1. The summed E-state index contributed by atoms with van der Waals surface area (Å²) in [5.74, 6) is 0.433. The molecule has 2 aromatic heterocycles. The predicted octanol–water partition coefficient (Wildman–Crippen LogP) is 1.66. The fourth-order valence-electron chi connectivity index (χ4n) is 4.15. The van der Waals surface area contributed by atoms with Gasteiger partial charge in [0.25, 0.3) is 0 Å². The maximum atomic E-state index is 10.3. The molecule has 0 aliphatic heterocycles. The number of anilines is 1. The van der Waals surface area contributed by atoms with Crippen LogP contribution < -0.4 is 5.73 Å². The van der Waals surface area contributed by atoms with Crippen LogP contribution in [0, 0.1) is 5.41 Å². The van der Waals surface area contributed by atoms with Crippen LogP contribution in [-0.4, -0.2) is 30.7 Å². The molecule has 3 atom stereocenters. The molecule has 6 heteroatoms. The van der Waals surface area contributed by atoms with E-state index < -0.39 is 0 Å². The minimum absolute atomic E-state index is 0.125. The van der Waals surface area contributed by atoms with Gasteiger partial charge >= 0.3 is 0 Å². The highest BCUT2D eigenvalue weighted by molar-refractivity contribution is 5.81. The summed E-state index contributed by atoms with van der Waals surface area (Å²) < 4.78 is 2.12. The standard InChI is InChI=1S/C14H19N5O/c15-12-11-13(17-7-16-12)19(8-18-11)9-3-5-14(6-9)4-1-2-10(14)20/h7-10,20H,1-6H2,(H2,15,16,17)/t9-,10-,14+/m0/s1. The number of aliphatic hydroxyl groups excluding tert-OH is 1. The Morgan fingerprint density at radius 1 is 1.25 bits per heavy atom. The molecule has 0 unspecified atom stereocenters. The molecule has 0 amide bonds. The van der Waals surface area contributed by atoms with Crippen LogP contribution >= 0.6 is 0 Å². The molecular weight excluding hydrogens is 254 g/mol. The molecule has 2 aliphatic rings. The second-order valence-electron chi connectivity index (χ2n) is 6.25. The molecule has 0 saturated heterocycles. The maximum absolute atomic E-state index is 10.3. The smallest absolute Gasteiger partial charge is 0.165 e. The van der Waals surface area contributed by atoms with Crippen LogP contribution in [0.15, 0.2) is 12.7 Å². The number of rotatable bonds is 1.